The van der Waals surface area contributed by atoms with E-state index in [0.717, 1.165) is 24.3 Å². The molecule has 0 atom stereocenters. The van der Waals surface area contributed by atoms with Crippen molar-refractivity contribution in [2.24, 2.45) is 0 Å². The summed E-state index contributed by atoms with van der Waals surface area (Å²) < 4.78 is 0. The molecule has 0 saturated carbocycles. The van der Waals surface area contributed by atoms with Gasteiger partial charge in [0.05, 0.1) is 17.8 Å². The second kappa shape index (κ2) is 6.58. The van der Waals surface area contributed by atoms with Gasteiger partial charge in [-0.3, -0.25) is 9.89 Å². The molecule has 19 heavy (non-hydrogen) atoms. The number of nitrogens with zero attached hydrogens (tertiary/aromatic N) is 1. The molecule has 3 N–H and O–H groups in total. The van der Waals surface area contributed by atoms with Crippen molar-refractivity contribution in [3.63, 3.8) is 0 Å². The fourth-order valence-corrected chi connectivity index (χ4v) is 1.75. The van der Waals surface area contributed by atoms with Crippen LogP contribution in [0.15, 0.2) is 36.5 Å². The van der Waals surface area contributed by atoms with Gasteiger partial charge in [-0.2, -0.15) is 5.10 Å². The lowest BCUT2D eigenvalue weighted by atomic mass is 10.1. The van der Waals surface area contributed by atoms with Crippen molar-refractivity contribution in [2.75, 3.05) is 11.9 Å². The third-order valence-electron chi connectivity index (χ3n) is 2.73. The number of hydrogen-bond donors (Lipinski definition) is 3. The van der Waals surface area contributed by atoms with Crippen molar-refractivity contribution >= 4 is 11.6 Å². The van der Waals surface area contributed by atoms with Gasteiger partial charge in [0.1, 0.15) is 0 Å². The molecule has 100 valence electrons. The zero-order valence-corrected chi connectivity index (χ0v) is 10.9. The van der Waals surface area contributed by atoms with Gasteiger partial charge in [0.2, 0.25) is 0 Å². The molecule has 0 aliphatic rings. The molecular formula is C14H18N4O. The van der Waals surface area contributed by atoms with E-state index in [-0.39, 0.29) is 5.91 Å². The monoisotopic (exact) mass is 258 g/mol. The number of nitrogens with one attached hydrogen (secondary N) is 3. The number of para-hydroxylation sites is 1. The molecule has 5 heteroatoms. The molecule has 0 radical (unpaired) electrons. The Morgan fingerprint density at radius 1 is 1.32 bits per heavy atom. The molecule has 0 bridgehead atoms. The molecule has 1 amide bonds. The van der Waals surface area contributed by atoms with Crippen molar-refractivity contribution in [3.8, 4) is 0 Å². The number of benzene rings is 1. The largest absolute Gasteiger partial charge is 0.384 e. The molecule has 5 nitrogen and oxygen atoms in total. The summed E-state index contributed by atoms with van der Waals surface area (Å²) in [4.78, 5) is 12.1. The van der Waals surface area contributed by atoms with Gasteiger partial charge >= 0.3 is 0 Å². The summed E-state index contributed by atoms with van der Waals surface area (Å²) in [6, 6.07) is 9.36. The Labute approximate surface area is 112 Å². The Balaban J connectivity index is 2.01. The molecule has 1 heterocycles. The maximum Gasteiger partial charge on any atom is 0.253 e. The van der Waals surface area contributed by atoms with E-state index in [4.69, 9.17) is 0 Å². The first kappa shape index (κ1) is 13.1. The number of rotatable bonds is 6. The van der Waals surface area contributed by atoms with Crippen molar-refractivity contribution < 1.29 is 4.79 Å². The van der Waals surface area contributed by atoms with Crippen LogP contribution in [0.1, 0.15) is 29.4 Å². The van der Waals surface area contributed by atoms with Crippen LogP contribution in [0.2, 0.25) is 0 Å². The number of carbonyl (C=O) groups excluding carboxylic acids is 1. The van der Waals surface area contributed by atoms with E-state index in [1.807, 2.05) is 30.3 Å². The summed E-state index contributed by atoms with van der Waals surface area (Å²) in [6.07, 6.45) is 2.68. The number of carbonyl (C=O) groups is 1. The van der Waals surface area contributed by atoms with Crippen molar-refractivity contribution in [2.45, 2.75) is 19.9 Å². The SMILES string of the molecule is CCCNc1ccccc1C(=O)NCc1ccn[nH]1. The van der Waals surface area contributed by atoms with E-state index < -0.39 is 0 Å². The first-order valence-electron chi connectivity index (χ1n) is 6.40. The Morgan fingerprint density at radius 2 is 2.16 bits per heavy atom. The zero-order chi connectivity index (χ0) is 13.5. The van der Waals surface area contributed by atoms with Gasteiger partial charge in [-0.1, -0.05) is 19.1 Å². The van der Waals surface area contributed by atoms with Gasteiger partial charge in [-0.15, -0.1) is 0 Å². The molecule has 0 aliphatic heterocycles. The maximum atomic E-state index is 12.1. The number of aromatic nitrogens is 2. The van der Waals surface area contributed by atoms with Crippen LogP contribution in [-0.4, -0.2) is 22.6 Å². The van der Waals surface area contributed by atoms with Gasteiger partial charge in [-0.25, -0.2) is 0 Å². The molecule has 2 aromatic rings. The number of amides is 1. The standard InChI is InChI=1S/C14H18N4O/c1-2-8-15-13-6-4-3-5-12(13)14(19)16-10-11-7-9-17-18-11/h3-7,9,15H,2,8,10H2,1H3,(H,16,19)(H,17,18). The van der Waals surface area contributed by atoms with E-state index >= 15 is 0 Å². The first-order valence-corrected chi connectivity index (χ1v) is 6.40. The normalized spacial score (nSPS) is 10.2. The van der Waals surface area contributed by atoms with Crippen LogP contribution in [0.4, 0.5) is 5.69 Å². The van der Waals surface area contributed by atoms with Crippen LogP contribution in [0.5, 0.6) is 0 Å². The first-order chi connectivity index (χ1) is 9.31. The van der Waals surface area contributed by atoms with E-state index in [9.17, 15) is 4.79 Å². The fourth-order valence-electron chi connectivity index (χ4n) is 1.75. The Morgan fingerprint density at radius 3 is 2.89 bits per heavy atom. The number of H-pyrrole nitrogens is 1. The Bertz CT molecular complexity index is 522. The minimum atomic E-state index is -0.0891. The number of hydrogen-bond acceptors (Lipinski definition) is 3. The Hall–Kier alpha value is -2.30. The quantitative estimate of drug-likeness (QED) is 0.743. The molecule has 2 rings (SSSR count). The summed E-state index contributed by atoms with van der Waals surface area (Å²) in [5, 5.41) is 12.8. The van der Waals surface area contributed by atoms with Crippen LogP contribution < -0.4 is 10.6 Å². The van der Waals surface area contributed by atoms with E-state index in [2.05, 4.69) is 27.8 Å². The summed E-state index contributed by atoms with van der Waals surface area (Å²) in [6.45, 7) is 3.39. The van der Waals surface area contributed by atoms with Gasteiger partial charge in [0, 0.05) is 18.4 Å². The highest BCUT2D eigenvalue weighted by molar-refractivity contribution is 5.99. The van der Waals surface area contributed by atoms with Crippen LogP contribution in [-0.2, 0) is 6.54 Å². The third kappa shape index (κ3) is 3.58. The average Bonchev–Trinajstić information content (AvgIpc) is 2.96. The van der Waals surface area contributed by atoms with Crippen molar-refractivity contribution in [1.82, 2.24) is 15.5 Å². The lowest BCUT2D eigenvalue weighted by Gasteiger charge is -2.11. The van der Waals surface area contributed by atoms with Gasteiger partial charge in [0.15, 0.2) is 0 Å². The third-order valence-corrected chi connectivity index (χ3v) is 2.73. The zero-order valence-electron chi connectivity index (χ0n) is 10.9. The van der Waals surface area contributed by atoms with Crippen LogP contribution in [0.25, 0.3) is 0 Å². The highest BCUT2D eigenvalue weighted by Gasteiger charge is 2.10. The minimum absolute atomic E-state index is 0.0891. The average molecular weight is 258 g/mol. The highest BCUT2D eigenvalue weighted by Crippen LogP contribution is 2.14. The lowest BCUT2D eigenvalue weighted by molar-refractivity contribution is 0.0951. The van der Waals surface area contributed by atoms with Crippen molar-refractivity contribution in [3.05, 3.63) is 47.8 Å². The Kier molecular flexibility index (Phi) is 4.55. The van der Waals surface area contributed by atoms with E-state index in [0.29, 0.717) is 12.1 Å². The smallest absolute Gasteiger partial charge is 0.253 e. The summed E-state index contributed by atoms with van der Waals surface area (Å²) in [7, 11) is 0. The predicted molar refractivity (Wildman–Crippen MR) is 75.0 cm³/mol. The molecule has 1 aromatic heterocycles. The van der Waals surface area contributed by atoms with Crippen molar-refractivity contribution in [1.29, 1.82) is 0 Å². The van der Waals surface area contributed by atoms with E-state index in [1.165, 1.54) is 0 Å². The number of anilines is 1. The topological polar surface area (TPSA) is 69.8 Å². The van der Waals surface area contributed by atoms with Gasteiger partial charge in [0.25, 0.3) is 5.91 Å². The maximum absolute atomic E-state index is 12.1. The van der Waals surface area contributed by atoms with Gasteiger partial charge < -0.3 is 10.6 Å². The summed E-state index contributed by atoms with van der Waals surface area (Å²) in [5.41, 5.74) is 2.41. The molecule has 0 aliphatic carbocycles. The molecule has 0 spiro atoms. The second-order valence-corrected chi connectivity index (χ2v) is 4.24. The van der Waals surface area contributed by atoms with Crippen LogP contribution in [0.3, 0.4) is 0 Å². The number of aromatic amines is 1. The molecule has 0 fully saturated rings. The fraction of sp³-hybridized carbons (Fsp3) is 0.286. The molecule has 0 unspecified atom stereocenters. The lowest BCUT2D eigenvalue weighted by Crippen LogP contribution is -2.24. The van der Waals surface area contributed by atoms with Crippen LogP contribution >= 0.6 is 0 Å². The summed E-state index contributed by atoms with van der Waals surface area (Å²) >= 11 is 0. The minimum Gasteiger partial charge on any atom is -0.384 e. The second-order valence-electron chi connectivity index (χ2n) is 4.24. The van der Waals surface area contributed by atoms with Crippen LogP contribution in [0, 0.1) is 0 Å². The van der Waals surface area contributed by atoms with E-state index in [1.54, 1.807) is 6.20 Å². The molecular weight excluding hydrogens is 240 g/mol. The highest BCUT2D eigenvalue weighted by atomic mass is 16.1. The molecule has 0 saturated heterocycles. The molecule has 1 aromatic carbocycles. The summed E-state index contributed by atoms with van der Waals surface area (Å²) in [5.74, 6) is -0.0891. The van der Waals surface area contributed by atoms with Gasteiger partial charge in [-0.05, 0) is 24.6 Å². The predicted octanol–water partition coefficient (Wildman–Crippen LogP) is 2.16.